The average Bonchev–Trinajstić information content (AvgIpc) is 2.35. The number of amides is 1. The van der Waals surface area contributed by atoms with Crippen LogP contribution >= 0.6 is 11.6 Å². The number of hydrogen-bond acceptors (Lipinski definition) is 3. The molecule has 0 aromatic carbocycles. The number of halogens is 1. The third-order valence-corrected chi connectivity index (χ3v) is 3.38. The van der Waals surface area contributed by atoms with Gasteiger partial charge >= 0.3 is 5.97 Å². The first kappa shape index (κ1) is 13.3. The van der Waals surface area contributed by atoms with E-state index in [4.69, 9.17) is 16.3 Å². The van der Waals surface area contributed by atoms with Crippen molar-refractivity contribution >= 4 is 23.5 Å². The van der Waals surface area contributed by atoms with E-state index in [0.717, 1.165) is 12.8 Å². The van der Waals surface area contributed by atoms with E-state index in [9.17, 15) is 9.59 Å². The zero-order valence-corrected chi connectivity index (χ0v) is 10.5. The van der Waals surface area contributed by atoms with Gasteiger partial charge in [0, 0.05) is 18.3 Å². The summed E-state index contributed by atoms with van der Waals surface area (Å²) in [5.41, 5.74) is 0. The number of esters is 1. The second-order valence-electron chi connectivity index (χ2n) is 4.12. The molecule has 1 rings (SSSR count). The Balaban J connectivity index is 2.73. The Bertz CT molecular complexity index is 270. The van der Waals surface area contributed by atoms with Crippen LogP contribution in [0.3, 0.4) is 0 Å². The normalized spacial score (nSPS) is 22.7. The Hall–Kier alpha value is -0.770. The first-order chi connectivity index (χ1) is 7.61. The number of piperidine rings is 1. The molecule has 0 aliphatic carbocycles. The number of ether oxygens (including phenoxy) is 1. The standard InChI is InChI=1S/C11H18ClNO3/c1-8(7-12)10(14)13-6-4-3-5-9(13)11(15)16-2/h8-9H,3-7H2,1-2H3. The van der Waals surface area contributed by atoms with Gasteiger partial charge < -0.3 is 9.64 Å². The summed E-state index contributed by atoms with van der Waals surface area (Å²) in [6.45, 7) is 2.40. The van der Waals surface area contributed by atoms with Gasteiger partial charge in [0.05, 0.1) is 7.11 Å². The lowest BCUT2D eigenvalue weighted by Crippen LogP contribution is -2.50. The minimum Gasteiger partial charge on any atom is -0.467 e. The molecule has 5 heteroatoms. The van der Waals surface area contributed by atoms with E-state index in [1.807, 2.05) is 0 Å². The molecule has 4 nitrogen and oxygen atoms in total. The topological polar surface area (TPSA) is 46.6 Å². The lowest BCUT2D eigenvalue weighted by Gasteiger charge is -2.35. The molecule has 1 heterocycles. The number of carbonyl (C=O) groups is 2. The molecule has 2 unspecified atom stereocenters. The van der Waals surface area contributed by atoms with Crippen molar-refractivity contribution in [3.63, 3.8) is 0 Å². The molecule has 0 bridgehead atoms. The van der Waals surface area contributed by atoms with E-state index >= 15 is 0 Å². The van der Waals surface area contributed by atoms with Gasteiger partial charge in [-0.1, -0.05) is 6.92 Å². The fourth-order valence-electron chi connectivity index (χ4n) is 1.93. The minimum atomic E-state index is -0.420. The number of methoxy groups -OCH3 is 1. The lowest BCUT2D eigenvalue weighted by molar-refractivity contribution is -0.155. The summed E-state index contributed by atoms with van der Waals surface area (Å²) in [4.78, 5) is 25.2. The number of likely N-dealkylation sites (tertiary alicyclic amines) is 1. The average molecular weight is 248 g/mol. The van der Waals surface area contributed by atoms with Crippen molar-refractivity contribution in [2.75, 3.05) is 19.5 Å². The summed E-state index contributed by atoms with van der Waals surface area (Å²) >= 11 is 5.66. The summed E-state index contributed by atoms with van der Waals surface area (Å²) in [6.07, 6.45) is 2.58. The SMILES string of the molecule is COC(=O)C1CCCCN1C(=O)C(C)CCl. The van der Waals surface area contributed by atoms with Crippen LogP contribution in [0.2, 0.25) is 0 Å². The van der Waals surface area contributed by atoms with Crippen LogP contribution in [0.5, 0.6) is 0 Å². The Labute approximate surface area is 101 Å². The minimum absolute atomic E-state index is 0.0508. The Morgan fingerprint density at radius 3 is 2.75 bits per heavy atom. The molecule has 1 aliphatic rings. The molecule has 1 fully saturated rings. The summed E-state index contributed by atoms with van der Waals surface area (Å²) < 4.78 is 4.72. The first-order valence-electron chi connectivity index (χ1n) is 5.56. The molecule has 1 amide bonds. The van der Waals surface area contributed by atoms with Crippen LogP contribution in [0, 0.1) is 5.92 Å². The van der Waals surface area contributed by atoms with Crippen LogP contribution < -0.4 is 0 Å². The molecular weight excluding hydrogens is 230 g/mol. The Morgan fingerprint density at radius 2 is 2.19 bits per heavy atom. The monoisotopic (exact) mass is 247 g/mol. The van der Waals surface area contributed by atoms with Gasteiger partial charge in [-0.3, -0.25) is 4.79 Å². The van der Waals surface area contributed by atoms with Crippen molar-refractivity contribution in [3.05, 3.63) is 0 Å². The molecule has 0 saturated carbocycles. The van der Waals surface area contributed by atoms with Crippen LogP contribution in [0.4, 0.5) is 0 Å². The van der Waals surface area contributed by atoms with Gasteiger partial charge in [-0.2, -0.15) is 0 Å². The predicted molar refractivity (Wildman–Crippen MR) is 61.3 cm³/mol. The van der Waals surface area contributed by atoms with Gasteiger partial charge in [-0.15, -0.1) is 11.6 Å². The van der Waals surface area contributed by atoms with Gasteiger partial charge in [0.15, 0.2) is 0 Å². The largest absolute Gasteiger partial charge is 0.467 e. The summed E-state index contributed by atoms with van der Waals surface area (Å²) in [5.74, 6) is -0.338. The van der Waals surface area contributed by atoms with Gasteiger partial charge in [0.25, 0.3) is 0 Å². The highest BCUT2D eigenvalue weighted by Gasteiger charge is 2.34. The molecule has 1 aliphatic heterocycles. The molecule has 0 N–H and O–H groups in total. The van der Waals surface area contributed by atoms with Crippen molar-refractivity contribution in [2.45, 2.75) is 32.2 Å². The molecule has 2 atom stereocenters. The molecule has 0 radical (unpaired) electrons. The summed E-state index contributed by atoms with van der Waals surface area (Å²) in [5, 5.41) is 0. The zero-order chi connectivity index (χ0) is 12.1. The molecule has 0 aromatic rings. The van der Waals surface area contributed by atoms with Crippen molar-refractivity contribution < 1.29 is 14.3 Å². The van der Waals surface area contributed by atoms with Crippen molar-refractivity contribution in [3.8, 4) is 0 Å². The third-order valence-electron chi connectivity index (χ3n) is 2.91. The van der Waals surface area contributed by atoms with E-state index in [1.165, 1.54) is 7.11 Å². The van der Waals surface area contributed by atoms with E-state index in [0.29, 0.717) is 13.0 Å². The van der Waals surface area contributed by atoms with Crippen LogP contribution in [0.1, 0.15) is 26.2 Å². The fourth-order valence-corrected chi connectivity index (χ4v) is 2.06. The van der Waals surface area contributed by atoms with Gasteiger partial charge in [0.2, 0.25) is 5.91 Å². The molecule has 16 heavy (non-hydrogen) atoms. The van der Waals surface area contributed by atoms with Gasteiger partial charge in [-0.05, 0) is 19.3 Å². The van der Waals surface area contributed by atoms with E-state index < -0.39 is 6.04 Å². The Kier molecular flexibility index (Phi) is 5.06. The van der Waals surface area contributed by atoms with Gasteiger partial charge in [-0.25, -0.2) is 4.79 Å². The predicted octanol–water partition coefficient (Wildman–Crippen LogP) is 1.42. The van der Waals surface area contributed by atoms with Crippen molar-refractivity contribution in [2.24, 2.45) is 5.92 Å². The van der Waals surface area contributed by atoms with E-state index in [2.05, 4.69) is 0 Å². The quantitative estimate of drug-likeness (QED) is 0.560. The molecular formula is C11H18ClNO3. The van der Waals surface area contributed by atoms with Crippen molar-refractivity contribution in [1.29, 1.82) is 0 Å². The number of rotatable bonds is 3. The lowest BCUT2D eigenvalue weighted by atomic mass is 10.00. The summed E-state index contributed by atoms with van der Waals surface area (Å²) in [6, 6.07) is -0.420. The molecule has 0 spiro atoms. The molecule has 92 valence electrons. The van der Waals surface area contributed by atoms with Crippen LogP contribution in [-0.2, 0) is 14.3 Å². The van der Waals surface area contributed by atoms with Crippen LogP contribution in [-0.4, -0.2) is 42.4 Å². The van der Waals surface area contributed by atoms with E-state index in [-0.39, 0.29) is 23.7 Å². The second kappa shape index (κ2) is 6.09. The number of carbonyl (C=O) groups excluding carboxylic acids is 2. The van der Waals surface area contributed by atoms with Gasteiger partial charge in [0.1, 0.15) is 6.04 Å². The van der Waals surface area contributed by atoms with E-state index in [1.54, 1.807) is 11.8 Å². The Morgan fingerprint density at radius 1 is 1.50 bits per heavy atom. The fraction of sp³-hybridized carbons (Fsp3) is 0.818. The second-order valence-corrected chi connectivity index (χ2v) is 4.43. The maximum atomic E-state index is 12.0. The highest BCUT2D eigenvalue weighted by molar-refractivity contribution is 6.19. The molecule has 0 aromatic heterocycles. The van der Waals surface area contributed by atoms with Crippen LogP contribution in [0.15, 0.2) is 0 Å². The maximum Gasteiger partial charge on any atom is 0.328 e. The van der Waals surface area contributed by atoms with Crippen LogP contribution in [0.25, 0.3) is 0 Å². The number of hydrogen-bond donors (Lipinski definition) is 0. The summed E-state index contributed by atoms with van der Waals surface area (Å²) in [7, 11) is 1.35. The highest BCUT2D eigenvalue weighted by Crippen LogP contribution is 2.20. The molecule has 1 saturated heterocycles. The smallest absolute Gasteiger partial charge is 0.328 e. The highest BCUT2D eigenvalue weighted by atomic mass is 35.5. The maximum absolute atomic E-state index is 12.0. The van der Waals surface area contributed by atoms with Crippen molar-refractivity contribution in [1.82, 2.24) is 4.90 Å². The number of nitrogens with zero attached hydrogens (tertiary/aromatic N) is 1. The first-order valence-corrected chi connectivity index (χ1v) is 6.09. The number of alkyl halides is 1. The third kappa shape index (κ3) is 2.88. The zero-order valence-electron chi connectivity index (χ0n) is 9.74.